The Hall–Kier alpha value is -3.23. The summed E-state index contributed by atoms with van der Waals surface area (Å²) in [7, 11) is 1.63. The van der Waals surface area contributed by atoms with Crippen LogP contribution in [0.4, 0.5) is 5.69 Å². The number of esters is 2. The number of carbonyl (C=O) groups is 3. The van der Waals surface area contributed by atoms with Gasteiger partial charge in [-0.15, -0.1) is 11.8 Å². The van der Waals surface area contributed by atoms with E-state index in [-0.39, 0.29) is 18.0 Å². The average molecular weight is 648 g/mol. The van der Waals surface area contributed by atoms with Crippen molar-refractivity contribution in [2.45, 2.75) is 67.0 Å². The normalized spacial score (nSPS) is 26.2. The number of alkyl halides is 1. The van der Waals surface area contributed by atoms with Crippen molar-refractivity contribution in [3.8, 4) is 0 Å². The molecule has 6 rings (SSSR count). The number of benzene rings is 1. The smallest absolute Gasteiger partial charge is 0.355 e. The molecule has 12 nitrogen and oxygen atoms in total. The second kappa shape index (κ2) is 10.6. The summed E-state index contributed by atoms with van der Waals surface area (Å²) in [5, 5.41) is 16.8. The first kappa shape index (κ1) is 27.9. The number of nitro benzene ring substituents is 1. The molecular weight excluding hydrogens is 620 g/mol. The molecule has 216 valence electrons. The number of amides is 1. The molecule has 3 heterocycles. The van der Waals surface area contributed by atoms with Crippen LogP contribution in [-0.2, 0) is 41.7 Å². The minimum Gasteiger partial charge on any atom is -0.456 e. The van der Waals surface area contributed by atoms with E-state index in [0.717, 1.165) is 30.5 Å². The van der Waals surface area contributed by atoms with Crippen molar-refractivity contribution >= 4 is 51.2 Å². The van der Waals surface area contributed by atoms with Crippen molar-refractivity contribution in [1.82, 2.24) is 14.7 Å². The van der Waals surface area contributed by atoms with Gasteiger partial charge in [-0.2, -0.15) is 5.10 Å². The van der Waals surface area contributed by atoms with Crippen molar-refractivity contribution in [3.63, 3.8) is 0 Å². The molecule has 1 saturated heterocycles. The Morgan fingerprint density at radius 1 is 1.27 bits per heavy atom. The van der Waals surface area contributed by atoms with Crippen LogP contribution in [0, 0.1) is 10.1 Å². The van der Waals surface area contributed by atoms with Gasteiger partial charge in [0.15, 0.2) is 10.4 Å². The van der Waals surface area contributed by atoms with Crippen LogP contribution in [0.3, 0.4) is 0 Å². The van der Waals surface area contributed by atoms with Crippen LogP contribution in [0.15, 0.2) is 35.4 Å². The predicted molar refractivity (Wildman–Crippen MR) is 149 cm³/mol. The second-order valence-corrected chi connectivity index (χ2v) is 12.8. The Bertz CT molecular complexity index is 1480. The maximum absolute atomic E-state index is 13.8. The standard InChI is InChI=1S/C27H27BrN4O8S/c1-14(33)40-23(21-20-16-5-6-17(11-16)22(20)30(29-21)9-10-38-2)27(28)25(35)31-19(13-41-26(27)31)24(34)39-12-15-3-7-18(8-4-15)32(36)37/h3-4,7-8,13,16-17,23,26H,5-6,9-12H2,1-2H3/t16?,17?,23?,26-,27?/m1/s1. The van der Waals surface area contributed by atoms with Crippen LogP contribution < -0.4 is 0 Å². The van der Waals surface area contributed by atoms with Crippen LogP contribution >= 0.6 is 27.7 Å². The number of non-ortho nitro benzene ring substituents is 1. The molecule has 2 aliphatic heterocycles. The average Bonchev–Trinajstić information content (AvgIpc) is 3.74. The van der Waals surface area contributed by atoms with Gasteiger partial charge in [0, 0.05) is 48.7 Å². The van der Waals surface area contributed by atoms with Crippen molar-refractivity contribution in [2.75, 3.05) is 13.7 Å². The zero-order valence-electron chi connectivity index (χ0n) is 22.3. The molecule has 2 aromatic rings. The summed E-state index contributed by atoms with van der Waals surface area (Å²) in [5.41, 5.74) is 3.36. The lowest BCUT2D eigenvalue weighted by Crippen LogP contribution is -2.70. The SMILES string of the molecule is COCCn1nc(C(OC(C)=O)C2(Br)C(=O)N3C(C(=O)OCc4ccc([N+](=O)[O-])cc4)=CS[C@@H]32)c2c1C1CCC2C1. The third kappa shape index (κ3) is 4.47. The fourth-order valence-electron chi connectivity index (χ4n) is 6.32. The first-order valence-corrected chi connectivity index (χ1v) is 14.9. The fourth-order valence-corrected chi connectivity index (χ4v) is 8.57. The predicted octanol–water partition coefficient (Wildman–Crippen LogP) is 4.04. The maximum atomic E-state index is 13.8. The van der Waals surface area contributed by atoms with Crippen LogP contribution in [0.25, 0.3) is 0 Å². The van der Waals surface area contributed by atoms with Gasteiger partial charge < -0.3 is 14.2 Å². The molecule has 41 heavy (non-hydrogen) atoms. The molecule has 0 N–H and O–H groups in total. The first-order valence-electron chi connectivity index (χ1n) is 13.2. The first-order chi connectivity index (χ1) is 19.6. The number of aromatic nitrogens is 2. The molecule has 1 amide bonds. The van der Waals surface area contributed by atoms with E-state index in [0.29, 0.717) is 36.2 Å². The molecule has 1 saturated carbocycles. The van der Waals surface area contributed by atoms with Crippen molar-refractivity contribution in [3.05, 3.63) is 68.0 Å². The largest absolute Gasteiger partial charge is 0.456 e. The van der Waals surface area contributed by atoms with Crippen LogP contribution in [-0.4, -0.2) is 60.9 Å². The topological polar surface area (TPSA) is 143 Å². The van der Waals surface area contributed by atoms with E-state index in [1.807, 2.05) is 4.68 Å². The molecular formula is C27H27BrN4O8S. The Labute approximate surface area is 247 Å². The summed E-state index contributed by atoms with van der Waals surface area (Å²) in [6.07, 6.45) is 2.11. The zero-order chi connectivity index (χ0) is 29.1. The number of thioether (sulfide) groups is 1. The third-order valence-corrected chi connectivity index (χ3v) is 10.8. The molecule has 4 unspecified atom stereocenters. The van der Waals surface area contributed by atoms with Gasteiger partial charge >= 0.3 is 11.9 Å². The van der Waals surface area contributed by atoms with Gasteiger partial charge in [0.1, 0.15) is 23.4 Å². The number of methoxy groups -OCH3 is 1. The minimum atomic E-state index is -1.34. The van der Waals surface area contributed by atoms with Gasteiger partial charge in [-0.25, -0.2) is 4.79 Å². The lowest BCUT2D eigenvalue weighted by atomic mass is 9.85. The maximum Gasteiger partial charge on any atom is 0.355 e. The van der Waals surface area contributed by atoms with E-state index >= 15 is 0 Å². The Kier molecular flexibility index (Phi) is 7.19. The summed E-state index contributed by atoms with van der Waals surface area (Å²) in [4.78, 5) is 50.8. The highest BCUT2D eigenvalue weighted by molar-refractivity contribution is 9.10. The monoisotopic (exact) mass is 646 g/mol. The van der Waals surface area contributed by atoms with E-state index in [1.165, 1.54) is 47.9 Å². The number of ether oxygens (including phenoxy) is 3. The van der Waals surface area contributed by atoms with Gasteiger partial charge in [0.25, 0.3) is 11.6 Å². The van der Waals surface area contributed by atoms with Gasteiger partial charge in [-0.05, 0) is 42.9 Å². The Morgan fingerprint density at radius 2 is 2.00 bits per heavy atom. The number of β-lactam (4-membered cyclic amide) rings is 1. The highest BCUT2D eigenvalue weighted by Gasteiger charge is 2.70. The van der Waals surface area contributed by atoms with Crippen LogP contribution in [0.2, 0.25) is 0 Å². The van der Waals surface area contributed by atoms with Gasteiger partial charge in [0.2, 0.25) is 0 Å². The Balaban J connectivity index is 1.23. The summed E-state index contributed by atoms with van der Waals surface area (Å²) in [6, 6.07) is 5.67. The van der Waals surface area contributed by atoms with E-state index in [4.69, 9.17) is 19.3 Å². The number of hydrogen-bond donors (Lipinski definition) is 0. The molecule has 4 aliphatic rings. The molecule has 0 radical (unpaired) electrons. The van der Waals surface area contributed by atoms with Crippen molar-refractivity contribution < 1.29 is 33.5 Å². The molecule has 2 fully saturated rings. The van der Waals surface area contributed by atoms with Crippen molar-refractivity contribution in [2.24, 2.45) is 0 Å². The fraction of sp³-hybridized carbons (Fsp3) is 0.481. The number of rotatable bonds is 10. The number of carbonyl (C=O) groups excluding carboxylic acids is 3. The van der Waals surface area contributed by atoms with Gasteiger partial charge in [-0.3, -0.25) is 29.3 Å². The highest BCUT2D eigenvalue weighted by atomic mass is 79.9. The van der Waals surface area contributed by atoms with Crippen molar-refractivity contribution in [1.29, 1.82) is 0 Å². The lowest BCUT2D eigenvalue weighted by molar-refractivity contribution is -0.384. The van der Waals surface area contributed by atoms with E-state index in [2.05, 4.69) is 15.9 Å². The van der Waals surface area contributed by atoms with E-state index in [1.54, 1.807) is 12.5 Å². The van der Waals surface area contributed by atoms with Gasteiger partial charge in [0.05, 0.1) is 18.1 Å². The van der Waals surface area contributed by atoms with E-state index < -0.39 is 38.6 Å². The highest BCUT2D eigenvalue weighted by Crippen LogP contribution is 2.61. The third-order valence-electron chi connectivity index (χ3n) is 8.14. The summed E-state index contributed by atoms with van der Waals surface area (Å²) in [6.45, 7) is 2.21. The molecule has 1 aromatic heterocycles. The molecule has 2 aliphatic carbocycles. The molecule has 14 heteroatoms. The summed E-state index contributed by atoms with van der Waals surface area (Å²) >= 11 is 4.92. The van der Waals surface area contributed by atoms with Gasteiger partial charge in [-0.1, -0.05) is 15.9 Å². The lowest BCUT2D eigenvalue weighted by Gasteiger charge is -2.51. The molecule has 1 aromatic carbocycles. The summed E-state index contributed by atoms with van der Waals surface area (Å²) in [5.74, 6) is -0.998. The second-order valence-electron chi connectivity index (χ2n) is 10.5. The molecule has 2 bridgehead atoms. The molecule has 0 spiro atoms. The van der Waals surface area contributed by atoms with E-state index in [9.17, 15) is 24.5 Å². The quantitative estimate of drug-likeness (QED) is 0.122. The zero-order valence-corrected chi connectivity index (χ0v) is 24.7. The number of halogens is 1. The number of fused-ring (bicyclic) bond motifs is 6. The minimum absolute atomic E-state index is 0.0676. The summed E-state index contributed by atoms with van der Waals surface area (Å²) < 4.78 is 17.2. The number of nitro groups is 1. The number of nitrogens with zero attached hydrogens (tertiary/aromatic N) is 4. The Morgan fingerprint density at radius 3 is 2.68 bits per heavy atom. The molecule has 5 atom stereocenters. The number of hydrogen-bond acceptors (Lipinski definition) is 10. The van der Waals surface area contributed by atoms with Crippen LogP contribution in [0.1, 0.15) is 66.6 Å². The van der Waals surface area contributed by atoms with Crippen LogP contribution in [0.5, 0.6) is 0 Å².